The number of aromatic nitrogens is 1. The van der Waals surface area contributed by atoms with Crippen molar-refractivity contribution >= 4 is 21.9 Å². The van der Waals surface area contributed by atoms with E-state index in [0.717, 1.165) is 11.5 Å². The lowest BCUT2D eigenvalue weighted by atomic mass is 10.3. The van der Waals surface area contributed by atoms with Crippen LogP contribution in [0.3, 0.4) is 0 Å². The van der Waals surface area contributed by atoms with Gasteiger partial charge in [0.1, 0.15) is 18.1 Å². The van der Waals surface area contributed by atoms with Gasteiger partial charge in [-0.1, -0.05) is 0 Å². The molecule has 0 aliphatic heterocycles. The number of carbonyl (C=O) groups is 1. The third kappa shape index (κ3) is 3.54. The fourth-order valence-electron chi connectivity index (χ4n) is 1.70. The van der Waals surface area contributed by atoms with Crippen LogP contribution < -0.4 is 9.47 Å². The highest BCUT2D eigenvalue weighted by atomic mass is 79.9. The van der Waals surface area contributed by atoms with E-state index in [1.807, 2.05) is 24.3 Å². The van der Waals surface area contributed by atoms with Crippen LogP contribution in [0.25, 0.3) is 0 Å². The fraction of sp³-hybridized carbons (Fsp3) is 0.214. The van der Waals surface area contributed by atoms with Gasteiger partial charge in [0, 0.05) is 6.20 Å². The van der Waals surface area contributed by atoms with Crippen molar-refractivity contribution in [3.05, 3.63) is 46.7 Å². The predicted octanol–water partition coefficient (Wildman–Crippen LogP) is 3.04. The minimum atomic E-state index is -0.944. The molecule has 0 aliphatic rings. The zero-order chi connectivity index (χ0) is 14.5. The standard InChI is InChI=1S/C14H14BrNO4/c1-19-11-2-4-12(5-3-11)20-7-6-16-9-10(14(17)18)8-13(16)15/h2-5,8-9H,6-7H2,1H3,(H,17,18). The Hall–Kier alpha value is -1.95. The van der Waals surface area contributed by atoms with Gasteiger partial charge in [0.15, 0.2) is 0 Å². The van der Waals surface area contributed by atoms with E-state index in [1.165, 1.54) is 0 Å². The van der Waals surface area contributed by atoms with Crippen LogP contribution in [0.1, 0.15) is 10.4 Å². The van der Waals surface area contributed by atoms with Crippen molar-refractivity contribution in [3.63, 3.8) is 0 Å². The van der Waals surface area contributed by atoms with E-state index < -0.39 is 5.97 Å². The van der Waals surface area contributed by atoms with Crippen LogP contribution in [0, 0.1) is 0 Å². The summed E-state index contributed by atoms with van der Waals surface area (Å²) >= 11 is 3.32. The molecular weight excluding hydrogens is 326 g/mol. The number of hydrogen-bond donors (Lipinski definition) is 1. The molecule has 0 spiro atoms. The molecule has 6 heteroatoms. The molecule has 0 atom stereocenters. The average Bonchev–Trinajstić information content (AvgIpc) is 2.81. The molecule has 20 heavy (non-hydrogen) atoms. The van der Waals surface area contributed by atoms with Gasteiger partial charge in [-0.25, -0.2) is 4.79 Å². The molecule has 0 unspecified atom stereocenters. The van der Waals surface area contributed by atoms with Gasteiger partial charge in [-0.05, 0) is 46.3 Å². The molecule has 1 N–H and O–H groups in total. The molecular formula is C14H14BrNO4. The van der Waals surface area contributed by atoms with Gasteiger partial charge >= 0.3 is 5.97 Å². The number of methoxy groups -OCH3 is 1. The highest BCUT2D eigenvalue weighted by molar-refractivity contribution is 9.10. The van der Waals surface area contributed by atoms with E-state index in [0.29, 0.717) is 17.8 Å². The number of carboxylic acids is 1. The Morgan fingerprint density at radius 1 is 1.30 bits per heavy atom. The van der Waals surface area contributed by atoms with E-state index >= 15 is 0 Å². The minimum absolute atomic E-state index is 0.251. The van der Waals surface area contributed by atoms with E-state index in [9.17, 15) is 4.79 Å². The fourth-order valence-corrected chi connectivity index (χ4v) is 2.23. The predicted molar refractivity (Wildman–Crippen MR) is 77.6 cm³/mol. The average molecular weight is 340 g/mol. The highest BCUT2D eigenvalue weighted by Gasteiger charge is 2.09. The molecule has 1 aromatic carbocycles. The topological polar surface area (TPSA) is 60.7 Å². The number of rotatable bonds is 6. The van der Waals surface area contributed by atoms with Crippen molar-refractivity contribution in [2.75, 3.05) is 13.7 Å². The van der Waals surface area contributed by atoms with Gasteiger partial charge in [-0.3, -0.25) is 0 Å². The first-order valence-corrected chi connectivity index (χ1v) is 6.75. The highest BCUT2D eigenvalue weighted by Crippen LogP contribution is 2.18. The maximum atomic E-state index is 10.8. The van der Waals surface area contributed by atoms with Crippen LogP contribution in [-0.4, -0.2) is 29.4 Å². The second-order valence-electron chi connectivity index (χ2n) is 4.07. The molecule has 106 valence electrons. The van der Waals surface area contributed by atoms with Crippen LogP contribution in [-0.2, 0) is 6.54 Å². The summed E-state index contributed by atoms with van der Waals surface area (Å²) in [6, 6.07) is 8.86. The van der Waals surface area contributed by atoms with Crippen molar-refractivity contribution in [1.29, 1.82) is 0 Å². The maximum absolute atomic E-state index is 10.8. The van der Waals surface area contributed by atoms with Gasteiger partial charge in [-0.2, -0.15) is 0 Å². The Labute approximate surface area is 124 Å². The third-order valence-corrected chi connectivity index (χ3v) is 3.44. The zero-order valence-electron chi connectivity index (χ0n) is 10.9. The summed E-state index contributed by atoms with van der Waals surface area (Å²) in [5, 5.41) is 8.90. The molecule has 2 aromatic rings. The molecule has 2 rings (SSSR count). The molecule has 1 aromatic heterocycles. The third-order valence-electron chi connectivity index (χ3n) is 2.75. The number of ether oxygens (including phenoxy) is 2. The number of benzene rings is 1. The maximum Gasteiger partial charge on any atom is 0.337 e. The molecule has 5 nitrogen and oxygen atoms in total. The SMILES string of the molecule is COc1ccc(OCCn2cc(C(=O)O)cc2Br)cc1. The largest absolute Gasteiger partial charge is 0.497 e. The summed E-state index contributed by atoms with van der Waals surface area (Å²) in [6.07, 6.45) is 1.57. The molecule has 0 bridgehead atoms. The smallest absolute Gasteiger partial charge is 0.337 e. The van der Waals surface area contributed by atoms with Gasteiger partial charge in [0.2, 0.25) is 0 Å². The van der Waals surface area contributed by atoms with Crippen molar-refractivity contribution in [3.8, 4) is 11.5 Å². The molecule has 0 aliphatic carbocycles. The zero-order valence-corrected chi connectivity index (χ0v) is 12.5. The Kier molecular flexibility index (Phi) is 4.68. The van der Waals surface area contributed by atoms with Gasteiger partial charge in [0.25, 0.3) is 0 Å². The molecule has 0 saturated carbocycles. The summed E-state index contributed by atoms with van der Waals surface area (Å²) in [5.41, 5.74) is 0.251. The normalized spacial score (nSPS) is 10.3. The van der Waals surface area contributed by atoms with Gasteiger partial charge in [-0.15, -0.1) is 0 Å². The Morgan fingerprint density at radius 3 is 2.50 bits per heavy atom. The van der Waals surface area contributed by atoms with Gasteiger partial charge < -0.3 is 19.1 Å². The number of halogens is 1. The van der Waals surface area contributed by atoms with E-state index in [2.05, 4.69) is 15.9 Å². The number of carboxylic acid groups (broad SMARTS) is 1. The molecule has 0 radical (unpaired) electrons. The van der Waals surface area contributed by atoms with Crippen molar-refractivity contribution in [2.24, 2.45) is 0 Å². The number of hydrogen-bond acceptors (Lipinski definition) is 3. The first kappa shape index (κ1) is 14.5. The van der Waals surface area contributed by atoms with E-state index in [4.69, 9.17) is 14.6 Å². The van der Waals surface area contributed by atoms with Crippen molar-refractivity contribution in [2.45, 2.75) is 6.54 Å². The first-order valence-electron chi connectivity index (χ1n) is 5.96. The van der Waals surface area contributed by atoms with Crippen LogP contribution >= 0.6 is 15.9 Å². The quantitative estimate of drug-likeness (QED) is 0.878. The monoisotopic (exact) mass is 339 g/mol. The van der Waals surface area contributed by atoms with Crippen molar-refractivity contribution in [1.82, 2.24) is 4.57 Å². The molecule has 0 fully saturated rings. The molecule has 0 saturated heterocycles. The number of nitrogens with zero attached hydrogens (tertiary/aromatic N) is 1. The Balaban J connectivity index is 1.90. The van der Waals surface area contributed by atoms with Crippen LogP contribution in [0.5, 0.6) is 11.5 Å². The number of aromatic carboxylic acids is 1. The molecule has 0 amide bonds. The Morgan fingerprint density at radius 2 is 1.95 bits per heavy atom. The van der Waals surface area contributed by atoms with Gasteiger partial charge in [0.05, 0.1) is 23.8 Å². The minimum Gasteiger partial charge on any atom is -0.497 e. The summed E-state index contributed by atoms with van der Waals surface area (Å²) in [6.45, 7) is 0.999. The second-order valence-corrected chi connectivity index (χ2v) is 4.89. The molecule has 1 heterocycles. The Bertz CT molecular complexity index is 592. The van der Waals surface area contributed by atoms with Crippen LogP contribution in [0.4, 0.5) is 0 Å². The lowest BCUT2D eigenvalue weighted by Crippen LogP contribution is -2.07. The first-order chi connectivity index (χ1) is 9.60. The van der Waals surface area contributed by atoms with E-state index in [-0.39, 0.29) is 5.56 Å². The lowest BCUT2D eigenvalue weighted by Gasteiger charge is -2.08. The second kappa shape index (κ2) is 6.47. The summed E-state index contributed by atoms with van der Waals surface area (Å²) < 4.78 is 13.2. The lowest BCUT2D eigenvalue weighted by molar-refractivity contribution is 0.0696. The van der Waals surface area contributed by atoms with Crippen LogP contribution in [0.2, 0.25) is 0 Å². The summed E-state index contributed by atoms with van der Waals surface area (Å²) in [7, 11) is 1.61. The van der Waals surface area contributed by atoms with E-state index in [1.54, 1.807) is 23.9 Å². The summed E-state index contributed by atoms with van der Waals surface area (Å²) in [5.74, 6) is 0.574. The van der Waals surface area contributed by atoms with Crippen LogP contribution in [0.15, 0.2) is 41.1 Å². The van der Waals surface area contributed by atoms with Crippen molar-refractivity contribution < 1.29 is 19.4 Å². The summed E-state index contributed by atoms with van der Waals surface area (Å²) in [4.78, 5) is 10.8.